The van der Waals surface area contributed by atoms with Gasteiger partial charge in [0, 0.05) is 30.2 Å². The molecule has 0 aliphatic heterocycles. The molecule has 1 amide bonds. The van der Waals surface area contributed by atoms with Crippen LogP contribution >= 0.6 is 0 Å². The van der Waals surface area contributed by atoms with E-state index in [9.17, 15) is 18.8 Å². The summed E-state index contributed by atoms with van der Waals surface area (Å²) in [6.45, 7) is 1.45. The van der Waals surface area contributed by atoms with Gasteiger partial charge in [0.05, 0.1) is 12.5 Å². The maximum Gasteiger partial charge on any atom is 0.258 e. The zero-order chi connectivity index (χ0) is 24.1. The monoisotopic (exact) mass is 465 g/mol. The fraction of sp³-hybridized carbons (Fsp3) is 0.346. The van der Waals surface area contributed by atoms with Gasteiger partial charge in [0.15, 0.2) is 23.6 Å². The molecule has 3 fully saturated rings. The second-order valence-electron chi connectivity index (χ2n) is 9.50. The van der Waals surface area contributed by atoms with Crippen LogP contribution in [0.25, 0.3) is 11.0 Å². The molecule has 7 nitrogen and oxygen atoms in total. The Balaban J connectivity index is 1.16. The molecule has 0 spiro atoms. The fourth-order valence-electron chi connectivity index (χ4n) is 5.29. The highest BCUT2D eigenvalue weighted by Gasteiger charge is 2.68. The highest BCUT2D eigenvalue weighted by molar-refractivity contribution is 5.95. The number of aryl methyl sites for hydroxylation is 1. The number of amides is 1. The Labute approximate surface area is 194 Å². The summed E-state index contributed by atoms with van der Waals surface area (Å²) in [5, 5.41) is 3.37. The third-order valence-corrected chi connectivity index (χ3v) is 6.80. The Kier molecular flexibility index (Phi) is 5.19. The molecule has 0 atom stereocenters. The third kappa shape index (κ3) is 3.93. The van der Waals surface area contributed by atoms with Crippen LogP contribution in [0.2, 0.25) is 0 Å². The zero-order valence-corrected chi connectivity index (χ0v) is 18.9. The number of Topliss-reactive ketones (excluding diaryl/α,β-unsaturated/α-hetero) is 1. The molecule has 3 aliphatic carbocycles. The Morgan fingerprint density at radius 3 is 2.53 bits per heavy atom. The van der Waals surface area contributed by atoms with Gasteiger partial charge >= 0.3 is 0 Å². The van der Waals surface area contributed by atoms with Gasteiger partial charge in [-0.05, 0) is 55.4 Å². The number of hydrogen-bond donors (Lipinski definition) is 1. The number of nitrogens with one attached hydrogen (secondary N) is 1. The van der Waals surface area contributed by atoms with Crippen LogP contribution in [0, 0.1) is 18.2 Å². The molecule has 2 aromatic carbocycles. The van der Waals surface area contributed by atoms with Gasteiger partial charge in [-0.3, -0.25) is 14.4 Å². The standard InChI is InChI=1S/C26H24FNO6/c1-15-3-4-17(7-19(15)27)33-11-24(31)28-26-12-25(13-26,14-26)10-21(30)23-9-20(29)18-6-5-16(32-2)8-22(18)34-23/h3-9H,10-14H2,1-2H3,(H,28,31). The summed E-state index contributed by atoms with van der Waals surface area (Å²) in [6, 6.07) is 10.6. The van der Waals surface area contributed by atoms with Crippen molar-refractivity contribution in [2.24, 2.45) is 5.41 Å². The van der Waals surface area contributed by atoms with E-state index in [1.165, 1.54) is 19.2 Å². The third-order valence-electron chi connectivity index (χ3n) is 6.80. The normalized spacial score (nSPS) is 22.4. The number of hydrogen-bond acceptors (Lipinski definition) is 6. The van der Waals surface area contributed by atoms with Crippen LogP contribution in [0.1, 0.15) is 41.8 Å². The number of halogens is 1. The van der Waals surface area contributed by atoms with E-state index in [0.29, 0.717) is 47.3 Å². The number of benzene rings is 2. The maximum absolute atomic E-state index is 13.6. The summed E-state index contributed by atoms with van der Waals surface area (Å²) in [7, 11) is 1.51. The smallest absolute Gasteiger partial charge is 0.258 e. The van der Waals surface area contributed by atoms with Crippen molar-refractivity contribution in [3.63, 3.8) is 0 Å². The van der Waals surface area contributed by atoms with Crippen LogP contribution in [-0.2, 0) is 4.79 Å². The van der Waals surface area contributed by atoms with Crippen molar-refractivity contribution in [1.82, 2.24) is 5.32 Å². The van der Waals surface area contributed by atoms with Gasteiger partial charge in [0.2, 0.25) is 0 Å². The van der Waals surface area contributed by atoms with Gasteiger partial charge in [0.1, 0.15) is 22.9 Å². The molecule has 34 heavy (non-hydrogen) atoms. The van der Waals surface area contributed by atoms with E-state index < -0.39 is 0 Å². The minimum atomic E-state index is -0.384. The lowest BCUT2D eigenvalue weighted by Gasteiger charge is -2.70. The number of carbonyl (C=O) groups excluding carboxylic acids is 2. The number of rotatable bonds is 8. The molecule has 176 valence electrons. The fourth-order valence-corrected chi connectivity index (χ4v) is 5.29. The molecule has 3 saturated carbocycles. The second kappa shape index (κ2) is 7.97. The molecular weight excluding hydrogens is 441 g/mol. The first-order valence-corrected chi connectivity index (χ1v) is 11.1. The van der Waals surface area contributed by atoms with E-state index in [-0.39, 0.29) is 52.7 Å². The van der Waals surface area contributed by atoms with Gasteiger partial charge in [-0.25, -0.2) is 4.39 Å². The highest BCUT2D eigenvalue weighted by atomic mass is 19.1. The maximum atomic E-state index is 13.6. The number of ether oxygens (including phenoxy) is 2. The molecule has 1 N–H and O–H groups in total. The van der Waals surface area contributed by atoms with Crippen molar-refractivity contribution in [3.05, 3.63) is 69.8 Å². The summed E-state index contributed by atoms with van der Waals surface area (Å²) >= 11 is 0. The molecule has 3 aromatic rings. The minimum absolute atomic E-state index is 0.0345. The summed E-state index contributed by atoms with van der Waals surface area (Å²) in [5.41, 5.74) is 0.0320. The summed E-state index contributed by atoms with van der Waals surface area (Å²) in [4.78, 5) is 37.6. The molecule has 8 heteroatoms. The van der Waals surface area contributed by atoms with Crippen LogP contribution in [0.5, 0.6) is 11.5 Å². The molecule has 1 aromatic heterocycles. The first-order valence-electron chi connectivity index (χ1n) is 11.1. The molecule has 6 rings (SSSR count). The molecule has 0 radical (unpaired) electrons. The largest absolute Gasteiger partial charge is 0.497 e. The van der Waals surface area contributed by atoms with E-state index >= 15 is 0 Å². The van der Waals surface area contributed by atoms with Crippen molar-refractivity contribution in [2.45, 2.75) is 38.1 Å². The zero-order valence-electron chi connectivity index (χ0n) is 18.9. The quantitative estimate of drug-likeness (QED) is 0.507. The van der Waals surface area contributed by atoms with Crippen molar-refractivity contribution < 1.29 is 27.9 Å². The molecule has 1 heterocycles. The van der Waals surface area contributed by atoms with Crippen molar-refractivity contribution in [2.75, 3.05) is 13.7 Å². The second-order valence-corrected chi connectivity index (χ2v) is 9.50. The Bertz CT molecular complexity index is 1360. The van der Waals surface area contributed by atoms with Crippen molar-refractivity contribution in [3.8, 4) is 11.5 Å². The average molecular weight is 465 g/mol. The van der Waals surface area contributed by atoms with Gasteiger partial charge in [0.25, 0.3) is 5.91 Å². The van der Waals surface area contributed by atoms with Crippen LogP contribution in [-0.4, -0.2) is 30.9 Å². The number of carbonyl (C=O) groups is 2. The van der Waals surface area contributed by atoms with Crippen molar-refractivity contribution in [1.29, 1.82) is 0 Å². The van der Waals surface area contributed by atoms with Crippen LogP contribution in [0.4, 0.5) is 4.39 Å². The molecular formula is C26H24FNO6. The van der Waals surface area contributed by atoms with E-state index in [0.717, 1.165) is 0 Å². The van der Waals surface area contributed by atoms with Crippen LogP contribution < -0.4 is 20.2 Å². The summed E-state index contributed by atoms with van der Waals surface area (Å²) in [6.07, 6.45) is 2.30. The first-order chi connectivity index (χ1) is 16.2. The van der Waals surface area contributed by atoms with E-state index in [4.69, 9.17) is 13.9 Å². The molecule has 3 aliphatic rings. The highest BCUT2D eigenvalue weighted by Crippen LogP contribution is 2.69. The topological polar surface area (TPSA) is 94.8 Å². The lowest BCUT2D eigenvalue weighted by molar-refractivity contribution is -0.164. The van der Waals surface area contributed by atoms with Gasteiger partial charge in [-0.1, -0.05) is 6.07 Å². The van der Waals surface area contributed by atoms with E-state index in [1.807, 2.05) is 0 Å². The minimum Gasteiger partial charge on any atom is -0.497 e. The number of fused-ring (bicyclic) bond motifs is 1. The SMILES string of the molecule is COc1ccc2c(=O)cc(C(=O)CC34CC(NC(=O)COc5ccc(C)c(F)c5)(C3)C4)oc2c1. The Morgan fingerprint density at radius 1 is 1.09 bits per heavy atom. The molecule has 0 saturated heterocycles. The van der Waals surface area contributed by atoms with Gasteiger partial charge in [-0.15, -0.1) is 0 Å². The number of ketones is 1. The Hall–Kier alpha value is -3.68. The molecule has 0 unspecified atom stereocenters. The van der Waals surface area contributed by atoms with E-state index in [2.05, 4.69) is 5.32 Å². The Morgan fingerprint density at radius 2 is 1.82 bits per heavy atom. The van der Waals surface area contributed by atoms with Crippen molar-refractivity contribution >= 4 is 22.7 Å². The van der Waals surface area contributed by atoms with Gasteiger partial charge in [-0.2, -0.15) is 0 Å². The lowest BCUT2D eigenvalue weighted by atomic mass is 9.38. The van der Waals surface area contributed by atoms with E-state index in [1.54, 1.807) is 37.3 Å². The summed E-state index contributed by atoms with van der Waals surface area (Å²) in [5.74, 6) is -0.0277. The van der Waals surface area contributed by atoms with Gasteiger partial charge < -0.3 is 19.2 Å². The first kappa shape index (κ1) is 22.1. The summed E-state index contributed by atoms with van der Waals surface area (Å²) < 4.78 is 29.9. The van der Waals surface area contributed by atoms with Crippen LogP contribution in [0.3, 0.4) is 0 Å². The lowest BCUT2D eigenvalue weighted by Crippen LogP contribution is -2.75. The van der Waals surface area contributed by atoms with Crippen LogP contribution in [0.15, 0.2) is 51.7 Å². The molecule has 2 bridgehead atoms. The number of methoxy groups -OCH3 is 1. The average Bonchev–Trinajstić information content (AvgIpc) is 2.77. The predicted molar refractivity (Wildman–Crippen MR) is 122 cm³/mol. The predicted octanol–water partition coefficient (Wildman–Crippen LogP) is 3.94.